The normalized spacial score (nSPS) is 10.4. The lowest BCUT2D eigenvalue weighted by molar-refractivity contribution is 0.0431. The average molecular weight is 351 g/mol. The molecular formula is C19H17N3O4. The maximum absolute atomic E-state index is 12.4. The van der Waals surface area contributed by atoms with Crippen molar-refractivity contribution < 1.29 is 18.8 Å². The molecule has 0 bridgehead atoms. The lowest BCUT2D eigenvalue weighted by Gasteiger charge is -2.10. The minimum absolute atomic E-state index is 0.139. The Balaban J connectivity index is 1.73. The Bertz CT molecular complexity index is 949. The highest BCUT2D eigenvalue weighted by Gasteiger charge is 2.16. The fraction of sp³-hybridized carbons (Fsp3) is 0.158. The third-order valence-electron chi connectivity index (χ3n) is 3.57. The standard InChI is InChI=1S/C19H17N3O4/c1-12-6-5-7-14(10-12)18(23)21-16-9-4-3-8-15(16)19(24)25-11-17-20-13(2)22-26-17/h3-10H,11H2,1-2H3,(H,21,23). The topological polar surface area (TPSA) is 94.3 Å². The number of rotatable bonds is 5. The van der Waals surface area contributed by atoms with E-state index in [1.54, 1.807) is 49.4 Å². The molecular weight excluding hydrogens is 334 g/mol. The van der Waals surface area contributed by atoms with Crippen molar-refractivity contribution >= 4 is 17.6 Å². The van der Waals surface area contributed by atoms with E-state index in [4.69, 9.17) is 9.26 Å². The van der Waals surface area contributed by atoms with Gasteiger partial charge in [-0.05, 0) is 38.1 Å². The molecule has 1 heterocycles. The van der Waals surface area contributed by atoms with Crippen molar-refractivity contribution in [3.63, 3.8) is 0 Å². The fourth-order valence-electron chi connectivity index (χ4n) is 2.35. The van der Waals surface area contributed by atoms with Crippen LogP contribution in [-0.4, -0.2) is 22.0 Å². The molecule has 0 spiro atoms. The van der Waals surface area contributed by atoms with E-state index in [1.165, 1.54) is 0 Å². The third-order valence-corrected chi connectivity index (χ3v) is 3.57. The van der Waals surface area contributed by atoms with Gasteiger partial charge < -0.3 is 14.6 Å². The Morgan fingerprint density at radius 2 is 1.92 bits per heavy atom. The van der Waals surface area contributed by atoms with Crippen molar-refractivity contribution in [3.05, 3.63) is 76.9 Å². The summed E-state index contributed by atoms with van der Waals surface area (Å²) in [5.41, 5.74) is 2.09. The number of hydrogen-bond donors (Lipinski definition) is 1. The Morgan fingerprint density at radius 3 is 2.65 bits per heavy atom. The number of ether oxygens (including phenoxy) is 1. The van der Waals surface area contributed by atoms with Crippen LogP contribution in [0.1, 0.15) is 38.0 Å². The second kappa shape index (κ2) is 7.60. The van der Waals surface area contributed by atoms with E-state index in [2.05, 4.69) is 15.5 Å². The first-order valence-corrected chi connectivity index (χ1v) is 7.96. The molecule has 0 atom stereocenters. The van der Waals surface area contributed by atoms with Crippen LogP contribution in [0, 0.1) is 13.8 Å². The minimum Gasteiger partial charge on any atom is -0.452 e. The predicted octanol–water partition coefficient (Wildman–Crippen LogP) is 3.30. The van der Waals surface area contributed by atoms with Crippen molar-refractivity contribution in [2.45, 2.75) is 20.5 Å². The van der Waals surface area contributed by atoms with E-state index >= 15 is 0 Å². The third kappa shape index (κ3) is 4.13. The Kier molecular flexibility index (Phi) is 5.07. The van der Waals surface area contributed by atoms with Gasteiger partial charge in [0.25, 0.3) is 11.8 Å². The number of nitrogens with zero attached hydrogens (tertiary/aromatic N) is 2. The van der Waals surface area contributed by atoms with Crippen LogP contribution in [0.3, 0.4) is 0 Å². The molecule has 0 aliphatic rings. The molecule has 0 aliphatic carbocycles. The molecule has 0 radical (unpaired) electrons. The SMILES string of the molecule is Cc1cccc(C(=O)Nc2ccccc2C(=O)OCc2nc(C)no2)c1. The summed E-state index contributed by atoms with van der Waals surface area (Å²) in [6.45, 7) is 3.44. The Labute approximate surface area is 150 Å². The van der Waals surface area contributed by atoms with Gasteiger partial charge in [0.15, 0.2) is 12.4 Å². The van der Waals surface area contributed by atoms with E-state index < -0.39 is 5.97 Å². The van der Waals surface area contributed by atoms with Gasteiger partial charge in [-0.25, -0.2) is 4.79 Å². The Hall–Kier alpha value is -3.48. The molecule has 0 aliphatic heterocycles. The van der Waals surface area contributed by atoms with Crippen molar-refractivity contribution in [2.24, 2.45) is 0 Å². The molecule has 1 N–H and O–H groups in total. The molecule has 7 heteroatoms. The van der Waals surface area contributed by atoms with E-state index in [0.717, 1.165) is 5.56 Å². The summed E-state index contributed by atoms with van der Waals surface area (Å²) in [6.07, 6.45) is 0. The number of benzene rings is 2. The van der Waals surface area contributed by atoms with Crippen molar-refractivity contribution in [1.29, 1.82) is 0 Å². The molecule has 0 unspecified atom stereocenters. The highest BCUT2D eigenvalue weighted by atomic mass is 16.6. The maximum Gasteiger partial charge on any atom is 0.340 e. The van der Waals surface area contributed by atoms with Crippen LogP contribution < -0.4 is 5.32 Å². The van der Waals surface area contributed by atoms with Crippen LogP contribution >= 0.6 is 0 Å². The van der Waals surface area contributed by atoms with Gasteiger partial charge in [0.1, 0.15) is 0 Å². The Morgan fingerprint density at radius 1 is 1.12 bits per heavy atom. The summed E-state index contributed by atoms with van der Waals surface area (Å²) in [6, 6.07) is 13.8. The molecule has 3 aromatic rings. The lowest BCUT2D eigenvalue weighted by Crippen LogP contribution is -2.16. The zero-order chi connectivity index (χ0) is 18.5. The zero-order valence-corrected chi connectivity index (χ0v) is 14.4. The summed E-state index contributed by atoms with van der Waals surface area (Å²) in [5.74, 6) is -0.235. The molecule has 26 heavy (non-hydrogen) atoms. The number of carbonyl (C=O) groups is 2. The van der Waals surface area contributed by atoms with Gasteiger partial charge in [0.05, 0.1) is 11.3 Å². The van der Waals surface area contributed by atoms with E-state index in [1.807, 2.05) is 13.0 Å². The number of aromatic nitrogens is 2. The van der Waals surface area contributed by atoms with E-state index in [0.29, 0.717) is 17.1 Å². The number of nitrogens with one attached hydrogen (secondary N) is 1. The first kappa shape index (κ1) is 17.3. The van der Waals surface area contributed by atoms with Gasteiger partial charge in [0, 0.05) is 5.56 Å². The molecule has 132 valence electrons. The molecule has 2 aromatic carbocycles. The van der Waals surface area contributed by atoms with E-state index in [9.17, 15) is 9.59 Å². The van der Waals surface area contributed by atoms with Crippen LogP contribution in [0.2, 0.25) is 0 Å². The van der Waals surface area contributed by atoms with Crippen LogP contribution in [0.4, 0.5) is 5.69 Å². The highest BCUT2D eigenvalue weighted by Crippen LogP contribution is 2.18. The smallest absolute Gasteiger partial charge is 0.340 e. The highest BCUT2D eigenvalue weighted by molar-refractivity contribution is 6.08. The second-order valence-electron chi connectivity index (χ2n) is 5.68. The molecule has 1 aromatic heterocycles. The van der Waals surface area contributed by atoms with Gasteiger partial charge in [0.2, 0.25) is 0 Å². The van der Waals surface area contributed by atoms with Crippen LogP contribution in [0.5, 0.6) is 0 Å². The van der Waals surface area contributed by atoms with Gasteiger partial charge in [-0.15, -0.1) is 0 Å². The molecule has 7 nitrogen and oxygen atoms in total. The van der Waals surface area contributed by atoms with Crippen molar-refractivity contribution in [1.82, 2.24) is 10.1 Å². The molecule has 0 saturated heterocycles. The van der Waals surface area contributed by atoms with Crippen LogP contribution in [0.15, 0.2) is 53.1 Å². The predicted molar refractivity (Wildman–Crippen MR) is 93.7 cm³/mol. The summed E-state index contributed by atoms with van der Waals surface area (Å²) in [7, 11) is 0. The van der Waals surface area contributed by atoms with Crippen LogP contribution in [0.25, 0.3) is 0 Å². The molecule has 3 rings (SSSR count). The fourth-order valence-corrected chi connectivity index (χ4v) is 2.35. The largest absolute Gasteiger partial charge is 0.452 e. The summed E-state index contributed by atoms with van der Waals surface area (Å²) < 4.78 is 10.1. The quantitative estimate of drug-likeness (QED) is 0.709. The molecule has 0 saturated carbocycles. The minimum atomic E-state index is -0.596. The summed E-state index contributed by atoms with van der Waals surface area (Å²) in [4.78, 5) is 28.8. The van der Waals surface area contributed by atoms with Gasteiger partial charge in [-0.2, -0.15) is 4.98 Å². The number of hydrogen-bond acceptors (Lipinski definition) is 6. The average Bonchev–Trinajstić information content (AvgIpc) is 3.05. The van der Waals surface area contributed by atoms with Gasteiger partial charge >= 0.3 is 5.97 Å². The first-order chi connectivity index (χ1) is 12.5. The van der Waals surface area contributed by atoms with E-state index in [-0.39, 0.29) is 24.0 Å². The zero-order valence-electron chi connectivity index (χ0n) is 14.4. The number of aryl methyl sites for hydroxylation is 2. The number of para-hydroxylation sites is 1. The number of amides is 1. The molecule has 1 amide bonds. The molecule has 0 fully saturated rings. The van der Waals surface area contributed by atoms with Gasteiger partial charge in [-0.1, -0.05) is 35.0 Å². The number of anilines is 1. The second-order valence-corrected chi connectivity index (χ2v) is 5.68. The van der Waals surface area contributed by atoms with Crippen molar-refractivity contribution in [3.8, 4) is 0 Å². The maximum atomic E-state index is 12.4. The first-order valence-electron chi connectivity index (χ1n) is 7.96. The van der Waals surface area contributed by atoms with Crippen molar-refractivity contribution in [2.75, 3.05) is 5.32 Å². The lowest BCUT2D eigenvalue weighted by atomic mass is 10.1. The monoisotopic (exact) mass is 351 g/mol. The van der Waals surface area contributed by atoms with Crippen LogP contribution in [-0.2, 0) is 11.3 Å². The van der Waals surface area contributed by atoms with Gasteiger partial charge in [-0.3, -0.25) is 4.79 Å². The number of esters is 1. The summed E-state index contributed by atoms with van der Waals surface area (Å²) in [5, 5.41) is 6.38. The number of carbonyl (C=O) groups excluding carboxylic acids is 2. The summed E-state index contributed by atoms with van der Waals surface area (Å²) >= 11 is 0.